The maximum atomic E-state index is 14.8. The first kappa shape index (κ1) is 52.1. The maximum Gasteiger partial charge on any atom is -1.00 e. The molecule has 0 spiro atoms. The van der Waals surface area contributed by atoms with Crippen LogP contribution in [0.1, 0.15) is 111 Å². The fourth-order valence-electron chi connectivity index (χ4n) is 10.7. The molecule has 0 aromatic heterocycles. The SMILES string of the molecule is CCCC1C=C(C(C)(C)C)C=[C]1[Zr+2](=[C](c1cccc(C(F)(F)F)c1)c1cccc(C(F)(F)F)c1)[CH]1c2cc(-c3c(C)cc(C)cc3C)ccc2-c2ccc(-c3c(C)cc(C)cc3C)cc21.[Cl-].[Cl-]. The zero-order chi connectivity index (χ0) is 46.9. The number of fused-ring (bicyclic) bond motifs is 3. The predicted octanol–water partition coefficient (Wildman–Crippen LogP) is 11.2. The normalized spacial score (nSPS) is 14.6. The molecular weight excluding hydrogens is 973 g/mol. The van der Waals surface area contributed by atoms with E-state index < -0.39 is 44.7 Å². The van der Waals surface area contributed by atoms with E-state index in [9.17, 15) is 26.3 Å². The Morgan fingerprint density at radius 2 is 0.970 bits per heavy atom. The molecule has 0 N–H and O–H groups in total. The average molecular weight is 1030 g/mol. The fourth-order valence-corrected chi connectivity index (χ4v) is 20.3. The fraction of sp³-hybridized carbons (Fsp3) is 0.293. The largest absolute Gasteiger partial charge is 1.00 e. The van der Waals surface area contributed by atoms with Crippen molar-refractivity contribution >= 4 is 3.21 Å². The van der Waals surface area contributed by atoms with Crippen LogP contribution in [0.25, 0.3) is 33.4 Å². The summed E-state index contributed by atoms with van der Waals surface area (Å²) in [5.41, 5.74) is 15.4. The van der Waals surface area contributed by atoms with Crippen LogP contribution in [0.15, 0.2) is 130 Å². The summed E-state index contributed by atoms with van der Waals surface area (Å²) < 4.78 is 90.5. The minimum Gasteiger partial charge on any atom is -1.00 e. The summed E-state index contributed by atoms with van der Waals surface area (Å²) >= 11 is -4.01. The Labute approximate surface area is 412 Å². The van der Waals surface area contributed by atoms with Crippen molar-refractivity contribution < 1.29 is 72.4 Å². The van der Waals surface area contributed by atoms with Crippen molar-refractivity contribution in [3.8, 4) is 33.4 Å². The van der Waals surface area contributed by atoms with Gasteiger partial charge in [0.05, 0.1) is 0 Å². The number of allylic oxidation sites excluding steroid dienone is 4. The topological polar surface area (TPSA) is 0 Å². The van der Waals surface area contributed by atoms with Crippen LogP contribution in [0, 0.1) is 52.9 Å². The van der Waals surface area contributed by atoms with Crippen LogP contribution in [0.5, 0.6) is 0 Å². The Bertz CT molecular complexity index is 2770. The Morgan fingerprint density at radius 3 is 1.34 bits per heavy atom. The molecular formula is C58H56Cl2F6Zr. The second-order valence-electron chi connectivity index (χ2n) is 19.4. The molecule has 6 aromatic carbocycles. The van der Waals surface area contributed by atoms with Gasteiger partial charge in [0, 0.05) is 0 Å². The third kappa shape index (κ3) is 10.2. The number of halogens is 8. The van der Waals surface area contributed by atoms with Gasteiger partial charge >= 0.3 is 391 Å². The van der Waals surface area contributed by atoms with Crippen molar-refractivity contribution in [3.05, 3.63) is 197 Å². The minimum absolute atomic E-state index is 0. The number of benzene rings is 6. The van der Waals surface area contributed by atoms with E-state index in [2.05, 4.69) is 142 Å². The molecule has 348 valence electrons. The minimum atomic E-state index is -4.67. The van der Waals surface area contributed by atoms with Crippen LogP contribution >= 0.6 is 0 Å². The number of hydrogen-bond acceptors (Lipinski definition) is 0. The van der Waals surface area contributed by atoms with Gasteiger partial charge in [-0.2, -0.15) is 0 Å². The van der Waals surface area contributed by atoms with E-state index >= 15 is 0 Å². The van der Waals surface area contributed by atoms with Crippen LogP contribution in [0.4, 0.5) is 26.3 Å². The standard InChI is InChI=1S/C31H29.C15H8F6.C12H19.2ClH.Zr/c1-18-11-20(3)30(21(4)12-18)24-7-9-28-26(15-24)17-27-16-25(8-10-29(27)28)31-22(5)13-19(2)14-23(31)6;16-14(17,18)12-5-1-3-10(8-12)7-11-4-2-6-13(9-11)15(19,20)21;1-5-6-10-7-8-11(9-10)12(2,3)4;;;/h7-17H,1-6H3;1-6,8-9H;8-10H,5-6H2,1-4H3;2*1H;/q;;;;;+2/p-2. The number of aryl methyl sites for hydroxylation is 6. The van der Waals surface area contributed by atoms with E-state index in [-0.39, 0.29) is 39.8 Å². The summed E-state index contributed by atoms with van der Waals surface area (Å²) in [6, 6.07) is 32.8. The summed E-state index contributed by atoms with van der Waals surface area (Å²) in [5.74, 6) is -0.0303. The smallest absolute Gasteiger partial charge is 1.00 e. The summed E-state index contributed by atoms with van der Waals surface area (Å²) in [5, 5.41) is 0. The molecule has 1 atom stereocenters. The van der Waals surface area contributed by atoms with Crippen molar-refractivity contribution in [2.75, 3.05) is 0 Å². The molecule has 0 bridgehead atoms. The quantitative estimate of drug-likeness (QED) is 0.133. The molecule has 67 heavy (non-hydrogen) atoms. The van der Waals surface area contributed by atoms with Crippen LogP contribution in [-0.4, -0.2) is 3.21 Å². The third-order valence-electron chi connectivity index (χ3n) is 13.3. The second kappa shape index (κ2) is 19.6. The van der Waals surface area contributed by atoms with Gasteiger partial charge in [0.25, 0.3) is 0 Å². The molecule has 9 heteroatoms. The molecule has 0 amide bonds. The Hall–Kier alpha value is -4.29. The second-order valence-corrected chi connectivity index (χ2v) is 25.5. The summed E-state index contributed by atoms with van der Waals surface area (Å²) in [6.45, 7) is 21.3. The van der Waals surface area contributed by atoms with Gasteiger partial charge in [-0.25, -0.2) is 0 Å². The zero-order valence-electron chi connectivity index (χ0n) is 39.6. The number of alkyl halides is 6. The summed E-state index contributed by atoms with van der Waals surface area (Å²) in [6.07, 6.45) is -3.01. The van der Waals surface area contributed by atoms with Crippen molar-refractivity contribution in [2.24, 2.45) is 11.3 Å². The summed E-state index contributed by atoms with van der Waals surface area (Å²) in [4.78, 5) is 0. The van der Waals surface area contributed by atoms with E-state index in [1.165, 1.54) is 38.7 Å². The van der Waals surface area contributed by atoms with Crippen molar-refractivity contribution in [2.45, 2.75) is 98.1 Å². The molecule has 2 aliphatic rings. The first-order chi connectivity index (χ1) is 30.5. The molecule has 0 saturated carbocycles. The first-order valence-electron chi connectivity index (χ1n) is 22.5. The average Bonchev–Trinajstić information content (AvgIpc) is 3.78. The predicted molar refractivity (Wildman–Crippen MR) is 253 cm³/mol. The zero-order valence-corrected chi connectivity index (χ0v) is 43.6. The van der Waals surface area contributed by atoms with E-state index in [0.717, 1.165) is 97.3 Å². The van der Waals surface area contributed by atoms with Crippen LogP contribution in [0.2, 0.25) is 0 Å². The van der Waals surface area contributed by atoms with Gasteiger partial charge in [-0.1, -0.05) is 0 Å². The molecule has 6 aromatic rings. The molecule has 0 aliphatic heterocycles. The molecule has 0 nitrogen and oxygen atoms in total. The summed E-state index contributed by atoms with van der Waals surface area (Å²) in [7, 11) is 0. The molecule has 2 aliphatic carbocycles. The van der Waals surface area contributed by atoms with Crippen LogP contribution in [-0.2, 0) is 33.6 Å². The van der Waals surface area contributed by atoms with Gasteiger partial charge < -0.3 is 24.8 Å². The number of hydrogen-bond donors (Lipinski definition) is 0. The molecule has 0 heterocycles. The van der Waals surface area contributed by atoms with Gasteiger partial charge in [0.2, 0.25) is 0 Å². The molecule has 1 unspecified atom stereocenters. The number of rotatable bonds is 8. The first-order valence-corrected chi connectivity index (χ1v) is 26.4. The van der Waals surface area contributed by atoms with Gasteiger partial charge in [0.15, 0.2) is 0 Å². The van der Waals surface area contributed by atoms with E-state index in [0.29, 0.717) is 14.3 Å². The monoisotopic (exact) mass is 1030 g/mol. The van der Waals surface area contributed by atoms with E-state index in [1.54, 1.807) is 12.1 Å². The van der Waals surface area contributed by atoms with Crippen LogP contribution in [0.3, 0.4) is 0 Å². The Balaban J connectivity index is 0.00000370. The van der Waals surface area contributed by atoms with Gasteiger partial charge in [-0.15, -0.1) is 0 Å². The van der Waals surface area contributed by atoms with Gasteiger partial charge in [0.1, 0.15) is 0 Å². The molecule has 0 saturated heterocycles. The third-order valence-corrected chi connectivity index (χ3v) is 21.8. The van der Waals surface area contributed by atoms with Crippen molar-refractivity contribution in [1.29, 1.82) is 0 Å². The van der Waals surface area contributed by atoms with Crippen molar-refractivity contribution in [3.63, 3.8) is 0 Å². The van der Waals surface area contributed by atoms with E-state index in [1.807, 2.05) is 0 Å². The van der Waals surface area contributed by atoms with Gasteiger partial charge in [-0.05, 0) is 0 Å². The Kier molecular flexibility index (Phi) is 15.2. The van der Waals surface area contributed by atoms with Crippen LogP contribution < -0.4 is 24.8 Å². The van der Waals surface area contributed by atoms with E-state index in [4.69, 9.17) is 0 Å². The maximum absolute atomic E-state index is 14.8. The van der Waals surface area contributed by atoms with Gasteiger partial charge in [-0.3, -0.25) is 0 Å². The molecule has 0 fully saturated rings. The molecule has 8 rings (SSSR count). The molecule has 0 radical (unpaired) electrons. The Morgan fingerprint density at radius 1 is 0.552 bits per heavy atom. The van der Waals surface area contributed by atoms with Crippen molar-refractivity contribution in [1.82, 2.24) is 0 Å².